The molecular formula is C19H21F3N2OS. The van der Waals surface area contributed by atoms with Crippen molar-refractivity contribution in [3.8, 4) is 0 Å². The number of halogens is 3. The minimum atomic E-state index is -4.75. The second-order valence-corrected chi connectivity index (χ2v) is 7.96. The molecule has 1 aliphatic rings. The maximum absolute atomic E-state index is 13.1. The largest absolute Gasteiger partial charge is 0.485 e. The third-order valence-electron chi connectivity index (χ3n) is 4.59. The van der Waals surface area contributed by atoms with Gasteiger partial charge in [-0.3, -0.25) is 0 Å². The summed E-state index contributed by atoms with van der Waals surface area (Å²) < 4.78 is 52.2. The minimum Gasteiger partial charge on any atom is -0.381 e. The topological polar surface area (TPSA) is 32.3 Å². The lowest BCUT2D eigenvalue weighted by Crippen LogP contribution is -2.40. The zero-order chi connectivity index (χ0) is 18.7. The smallest absolute Gasteiger partial charge is 0.381 e. The van der Waals surface area contributed by atoms with Gasteiger partial charge in [0.2, 0.25) is 11.0 Å². The number of alkyl halides is 3. The molecule has 1 N–H and O–H groups in total. The monoisotopic (exact) mass is 382 g/mol. The molecule has 0 radical (unpaired) electrons. The summed E-state index contributed by atoms with van der Waals surface area (Å²) in [6.45, 7) is 1.95. The summed E-state index contributed by atoms with van der Waals surface area (Å²) in [4.78, 5) is 0. The first-order valence-corrected chi connectivity index (χ1v) is 9.58. The van der Waals surface area contributed by atoms with Crippen molar-refractivity contribution in [2.75, 3.05) is 11.9 Å². The number of hydrogen-bond donors (Lipinski definition) is 1. The molecular weight excluding hydrogens is 361 g/mol. The van der Waals surface area contributed by atoms with Gasteiger partial charge >= 0.3 is 5.51 Å². The van der Waals surface area contributed by atoms with E-state index >= 15 is 0 Å². The molecule has 7 heteroatoms. The van der Waals surface area contributed by atoms with Crippen molar-refractivity contribution < 1.29 is 17.4 Å². The molecule has 1 heterocycles. The molecule has 2 unspecified atom stereocenters. The van der Waals surface area contributed by atoms with E-state index in [2.05, 4.69) is 5.32 Å². The van der Waals surface area contributed by atoms with E-state index in [1.54, 1.807) is 0 Å². The maximum Gasteiger partial charge on any atom is 0.485 e. The molecule has 26 heavy (non-hydrogen) atoms. The van der Waals surface area contributed by atoms with Gasteiger partial charge in [0.15, 0.2) is 0 Å². The Morgan fingerprint density at radius 3 is 2.58 bits per heavy atom. The van der Waals surface area contributed by atoms with Crippen molar-refractivity contribution in [3.05, 3.63) is 65.2 Å². The van der Waals surface area contributed by atoms with E-state index < -0.39 is 16.5 Å². The van der Waals surface area contributed by atoms with Gasteiger partial charge in [0.1, 0.15) is 0 Å². The van der Waals surface area contributed by atoms with Gasteiger partial charge in [0.05, 0.1) is 0 Å². The Morgan fingerprint density at radius 1 is 1.15 bits per heavy atom. The molecule has 0 bridgehead atoms. The molecule has 2 aromatic rings. The first kappa shape index (κ1) is 18.9. The number of fused-ring (bicyclic) bond motifs is 1. The molecule has 0 aliphatic carbocycles. The van der Waals surface area contributed by atoms with Crippen LogP contribution in [0, 0.1) is 6.92 Å². The van der Waals surface area contributed by atoms with E-state index in [1.165, 1.54) is 0 Å². The highest BCUT2D eigenvalue weighted by atomic mass is 32.2. The van der Waals surface area contributed by atoms with Crippen molar-refractivity contribution in [1.29, 1.82) is 0 Å². The van der Waals surface area contributed by atoms with Crippen LogP contribution < -0.4 is 5.32 Å². The van der Waals surface area contributed by atoms with Crippen molar-refractivity contribution in [3.63, 3.8) is 0 Å². The first-order chi connectivity index (χ1) is 12.3. The van der Waals surface area contributed by atoms with Crippen LogP contribution in [0.15, 0.2) is 48.5 Å². The molecule has 140 valence electrons. The van der Waals surface area contributed by atoms with Gasteiger partial charge in [-0.25, -0.2) is 8.51 Å². The third-order valence-corrected chi connectivity index (χ3v) is 5.73. The van der Waals surface area contributed by atoms with Gasteiger partial charge in [-0.05, 0) is 42.5 Å². The molecule has 1 aliphatic heterocycles. The number of nitrogens with zero attached hydrogens (tertiary/aromatic N) is 1. The average molecular weight is 382 g/mol. The lowest BCUT2D eigenvalue weighted by molar-refractivity contribution is -0.0430. The maximum atomic E-state index is 13.1. The number of anilines is 1. The quantitative estimate of drug-likeness (QED) is 0.850. The molecule has 2 atom stereocenters. The molecule has 0 saturated heterocycles. The lowest BCUT2D eigenvalue weighted by Gasteiger charge is -2.24. The highest BCUT2D eigenvalue weighted by Crippen LogP contribution is 2.31. The average Bonchev–Trinajstić information content (AvgIpc) is 2.80. The predicted octanol–water partition coefficient (Wildman–Crippen LogP) is 4.41. The van der Waals surface area contributed by atoms with Crippen LogP contribution >= 0.6 is 0 Å². The summed E-state index contributed by atoms with van der Waals surface area (Å²) in [7, 11) is -3.03. The summed E-state index contributed by atoms with van der Waals surface area (Å²) in [5, 5.41) is 3.36. The van der Waals surface area contributed by atoms with Crippen LogP contribution in [0.2, 0.25) is 0 Å². The fraction of sp³-hybridized carbons (Fsp3) is 0.368. The number of nitrogens with one attached hydrogen (secondary N) is 1. The van der Waals surface area contributed by atoms with Gasteiger partial charge in [0, 0.05) is 24.8 Å². The highest BCUT2D eigenvalue weighted by Gasteiger charge is 2.42. The van der Waals surface area contributed by atoms with Crippen molar-refractivity contribution in [1.82, 2.24) is 4.31 Å². The summed E-state index contributed by atoms with van der Waals surface area (Å²) in [6, 6.07) is 15.2. The van der Waals surface area contributed by atoms with Crippen LogP contribution in [0.1, 0.15) is 23.1 Å². The molecule has 0 aromatic heterocycles. The number of rotatable bonds is 4. The Kier molecular flexibility index (Phi) is 5.67. The molecule has 0 spiro atoms. The van der Waals surface area contributed by atoms with E-state index in [9.17, 15) is 17.4 Å². The summed E-state index contributed by atoms with van der Waals surface area (Å²) in [5.41, 5.74) is -1.14. The molecule has 3 nitrogen and oxygen atoms in total. The Labute approximate surface area is 153 Å². The number of hydrogen-bond acceptors (Lipinski definition) is 2. The molecule has 0 amide bonds. The predicted molar refractivity (Wildman–Crippen MR) is 98.0 cm³/mol. The van der Waals surface area contributed by atoms with E-state index in [0.717, 1.165) is 33.1 Å². The summed E-state index contributed by atoms with van der Waals surface area (Å²) >= 11 is 0. The van der Waals surface area contributed by atoms with Crippen LogP contribution in [-0.4, -0.2) is 26.6 Å². The zero-order valence-electron chi connectivity index (χ0n) is 14.4. The standard InChI is InChI=1S/C19H21F3N2OS/c1-14-6-5-9-18-17(14)13-24(26(25)19(20,21)22)12-16(23-18)11-10-15-7-3-2-4-8-15/h2-9,16,23H,10-13H2,1H3. The van der Waals surface area contributed by atoms with Gasteiger partial charge < -0.3 is 5.32 Å². The van der Waals surface area contributed by atoms with E-state index in [-0.39, 0.29) is 19.1 Å². The minimum absolute atomic E-state index is 0.0168. The van der Waals surface area contributed by atoms with Gasteiger partial charge in [-0.2, -0.15) is 13.2 Å². The third kappa shape index (κ3) is 4.45. The normalized spacial score (nSPS) is 19.3. The second kappa shape index (κ2) is 7.80. The Hall–Kier alpha value is -1.86. The van der Waals surface area contributed by atoms with E-state index in [4.69, 9.17) is 0 Å². The van der Waals surface area contributed by atoms with Gasteiger partial charge in [0.25, 0.3) is 0 Å². The van der Waals surface area contributed by atoms with Crippen molar-refractivity contribution in [2.24, 2.45) is 0 Å². The molecule has 2 aromatic carbocycles. The summed E-state index contributed by atoms with van der Waals surface area (Å²) in [6.07, 6.45) is 1.40. The van der Waals surface area contributed by atoms with Crippen molar-refractivity contribution >= 4 is 16.7 Å². The van der Waals surface area contributed by atoms with Gasteiger partial charge in [-0.1, -0.05) is 42.5 Å². The van der Waals surface area contributed by atoms with Crippen LogP contribution in [0.4, 0.5) is 18.9 Å². The van der Waals surface area contributed by atoms with E-state index in [0.29, 0.717) is 6.42 Å². The van der Waals surface area contributed by atoms with Crippen molar-refractivity contribution in [2.45, 2.75) is 37.9 Å². The van der Waals surface area contributed by atoms with Crippen LogP contribution in [0.25, 0.3) is 0 Å². The fourth-order valence-corrected chi connectivity index (χ4v) is 4.08. The number of aryl methyl sites for hydroxylation is 2. The Bertz CT molecular complexity index is 780. The molecule has 3 rings (SSSR count). The lowest BCUT2D eigenvalue weighted by atomic mass is 10.0. The van der Waals surface area contributed by atoms with Crippen LogP contribution in [-0.2, 0) is 24.0 Å². The Balaban J connectivity index is 1.84. The van der Waals surface area contributed by atoms with Gasteiger partial charge in [-0.15, -0.1) is 0 Å². The first-order valence-electron chi connectivity index (χ1n) is 8.47. The fourth-order valence-electron chi connectivity index (χ4n) is 3.22. The summed E-state index contributed by atoms with van der Waals surface area (Å²) in [5.74, 6) is 0. The Morgan fingerprint density at radius 2 is 1.88 bits per heavy atom. The molecule has 0 fully saturated rings. The second-order valence-electron chi connectivity index (χ2n) is 6.48. The highest BCUT2D eigenvalue weighted by molar-refractivity contribution is 7.83. The molecule has 0 saturated carbocycles. The van der Waals surface area contributed by atoms with Crippen LogP contribution in [0.5, 0.6) is 0 Å². The SMILES string of the molecule is Cc1cccc2c1CN(S(=O)C(F)(F)F)CC(CCc1ccccc1)N2. The number of benzene rings is 2. The van der Waals surface area contributed by atoms with Crippen LogP contribution in [0.3, 0.4) is 0 Å². The van der Waals surface area contributed by atoms with E-state index in [1.807, 2.05) is 55.5 Å². The zero-order valence-corrected chi connectivity index (χ0v) is 15.2.